The minimum atomic E-state index is -7.37. The molecule has 322 valence electrons. The fourth-order valence-corrected chi connectivity index (χ4v) is 7.52. The van der Waals surface area contributed by atoms with Gasteiger partial charge in [-0.1, -0.05) is 159 Å². The van der Waals surface area contributed by atoms with Crippen LogP contribution in [0.1, 0.15) is 90.1 Å². The minimum absolute atomic E-state index is 0.106. The molecule has 1 N–H and O–H groups in total. The predicted octanol–water partition coefficient (Wildman–Crippen LogP) is 14.5. The first-order valence-corrected chi connectivity index (χ1v) is 20.4. The summed E-state index contributed by atoms with van der Waals surface area (Å²) in [5, 5.41) is -7.00. The van der Waals surface area contributed by atoms with Gasteiger partial charge in [0.05, 0.1) is 0 Å². The highest BCUT2D eigenvalue weighted by Crippen LogP contribution is 2.55. The van der Waals surface area contributed by atoms with E-state index in [-0.39, 0.29) is 16.2 Å². The summed E-state index contributed by atoms with van der Waals surface area (Å²) in [6, 6.07) is 39.5. The zero-order chi connectivity index (χ0) is 45.2. The molecule has 0 atom stereocenters. The van der Waals surface area contributed by atoms with Crippen molar-refractivity contribution < 1.29 is 52.5 Å². The second-order valence-corrected chi connectivity index (χ2v) is 19.6. The molecule has 1 aliphatic rings. The lowest BCUT2D eigenvalue weighted by atomic mass is 9.79. The van der Waals surface area contributed by atoms with Crippen LogP contribution < -0.4 is 0 Å². The van der Waals surface area contributed by atoms with E-state index in [1.165, 1.54) is 72.3 Å². The molecule has 3 nitrogen and oxygen atoms in total. The van der Waals surface area contributed by atoms with Crippen molar-refractivity contribution >= 4 is 10.1 Å². The second-order valence-electron chi connectivity index (χ2n) is 18.2. The molecule has 0 bridgehead atoms. The number of halogens is 9. The summed E-state index contributed by atoms with van der Waals surface area (Å²) in [7, 11) is -7.17. The van der Waals surface area contributed by atoms with Crippen LogP contribution in [0.2, 0.25) is 0 Å². The molecule has 0 aromatic heterocycles. The molecule has 0 spiro atoms. The Morgan fingerprint density at radius 1 is 0.467 bits per heavy atom. The Morgan fingerprint density at radius 3 is 1.23 bits per heavy atom. The van der Waals surface area contributed by atoms with Crippen molar-refractivity contribution in [3.05, 3.63) is 131 Å². The van der Waals surface area contributed by atoms with Gasteiger partial charge in [-0.25, -0.2) is 0 Å². The first kappa shape index (κ1) is 46.4. The molecule has 6 rings (SSSR count). The molecule has 0 saturated heterocycles. The zero-order valence-corrected chi connectivity index (χ0v) is 35.4. The van der Waals surface area contributed by atoms with Crippen molar-refractivity contribution in [3.8, 4) is 44.5 Å². The molecule has 0 unspecified atom stereocenters. The summed E-state index contributed by atoms with van der Waals surface area (Å²) in [6.07, 6.45) is -6.18. The Bertz CT molecular complexity index is 2470. The Kier molecular flexibility index (Phi) is 11.9. The highest BCUT2D eigenvalue weighted by atomic mass is 32.2. The van der Waals surface area contributed by atoms with E-state index in [4.69, 9.17) is 4.55 Å². The van der Waals surface area contributed by atoms with Gasteiger partial charge in [0.2, 0.25) is 0 Å². The Morgan fingerprint density at radius 2 is 0.850 bits per heavy atom. The lowest BCUT2D eigenvalue weighted by Gasteiger charge is -2.31. The highest BCUT2D eigenvalue weighted by Gasteiger charge is 2.85. The summed E-state index contributed by atoms with van der Waals surface area (Å²) >= 11 is 0. The van der Waals surface area contributed by atoms with E-state index in [2.05, 4.69) is 165 Å². The molecule has 0 radical (unpaired) electrons. The van der Waals surface area contributed by atoms with Crippen molar-refractivity contribution in [2.75, 3.05) is 0 Å². The van der Waals surface area contributed by atoms with Crippen LogP contribution in [0.15, 0.2) is 103 Å². The Labute approximate surface area is 345 Å². The molecule has 0 fully saturated rings. The van der Waals surface area contributed by atoms with Gasteiger partial charge in [0.1, 0.15) is 0 Å². The van der Waals surface area contributed by atoms with E-state index >= 15 is 0 Å². The van der Waals surface area contributed by atoms with Gasteiger partial charge in [0, 0.05) is 0 Å². The Hall–Kier alpha value is -4.62. The molecule has 60 heavy (non-hydrogen) atoms. The largest absolute Gasteiger partial charge is 0.460 e. The minimum Gasteiger partial charge on any atom is -0.281 e. The molecule has 5 aromatic rings. The summed E-state index contributed by atoms with van der Waals surface area (Å²) < 4.78 is 134. The molecule has 0 saturated carbocycles. The van der Waals surface area contributed by atoms with Crippen molar-refractivity contribution in [1.82, 2.24) is 0 Å². The van der Waals surface area contributed by atoms with Crippen molar-refractivity contribution in [2.45, 2.75) is 108 Å². The maximum absolute atomic E-state index is 12.2. The lowest BCUT2D eigenvalue weighted by Crippen LogP contribution is -2.63. The van der Waals surface area contributed by atoms with Crippen molar-refractivity contribution in [3.63, 3.8) is 0 Å². The summed E-state index contributed by atoms with van der Waals surface area (Å²) in [4.78, 5) is 0. The molecule has 0 aliphatic heterocycles. The van der Waals surface area contributed by atoms with Gasteiger partial charge >= 0.3 is 33.4 Å². The first-order chi connectivity index (χ1) is 27.2. The first-order valence-electron chi connectivity index (χ1n) is 19.0. The number of hydrogen-bond donors (Lipinski definition) is 1. The van der Waals surface area contributed by atoms with Gasteiger partial charge in [0.25, 0.3) is 0 Å². The van der Waals surface area contributed by atoms with Gasteiger partial charge in [-0.2, -0.15) is 47.9 Å². The van der Waals surface area contributed by atoms with Gasteiger partial charge in [-0.3, -0.25) is 4.55 Å². The fraction of sp³-hybridized carbons (Fsp3) is 0.362. The predicted molar refractivity (Wildman–Crippen MR) is 220 cm³/mol. The van der Waals surface area contributed by atoms with E-state index in [1.54, 1.807) is 0 Å². The van der Waals surface area contributed by atoms with E-state index in [9.17, 15) is 47.9 Å². The molecule has 0 amide bonds. The maximum Gasteiger partial charge on any atom is 0.460 e. The topological polar surface area (TPSA) is 54.4 Å². The van der Waals surface area contributed by atoms with Crippen LogP contribution in [0, 0.1) is 0 Å². The third-order valence-electron chi connectivity index (χ3n) is 10.7. The summed E-state index contributed by atoms with van der Waals surface area (Å²) in [6.45, 7) is 20.6. The van der Waals surface area contributed by atoms with Gasteiger partial charge in [-0.05, 0) is 101 Å². The van der Waals surface area contributed by atoms with E-state index in [1.807, 2.05) is 0 Å². The SMILES string of the molecule is CC(C)(C)c1ccc(-c2cc3c(c(-c4ccc(C(C)(C)C)cc4)c2-c2ccc(C(C)(C)C)cc2)Cc2ccccc2-3)cc1.O=S(=O)(O)C(F)(F)C(F)(F)C(F)(F)C(F)(F)F. The number of hydrogen-bond acceptors (Lipinski definition) is 2. The van der Waals surface area contributed by atoms with Crippen LogP contribution in [0.5, 0.6) is 0 Å². The average Bonchev–Trinajstić information content (AvgIpc) is 3.51. The van der Waals surface area contributed by atoms with Crippen molar-refractivity contribution in [2.24, 2.45) is 0 Å². The maximum atomic E-state index is 12.2. The van der Waals surface area contributed by atoms with Gasteiger partial charge < -0.3 is 0 Å². The molecular formula is C47H47F9O3S. The number of benzene rings is 5. The standard InChI is InChI=1S/C43H46.C4HF9O3S/c1-41(2,3)32-20-14-28(15-21-32)36-27-37-35-13-11-10-12-31(35)26-38(37)40(30-18-24-34(25-19-30)43(7,8)9)39(36)29-16-22-33(23-17-29)42(4,5)6;5-1(6,3(9,10)11)2(7,8)4(12,13)17(14,15)16/h10-25,27H,26H2,1-9H3;(H,14,15,16). The molecule has 5 aromatic carbocycles. The van der Waals surface area contributed by atoms with Crippen LogP contribution in [-0.2, 0) is 32.8 Å². The van der Waals surface area contributed by atoms with Crippen LogP contribution in [0.4, 0.5) is 39.5 Å². The van der Waals surface area contributed by atoms with E-state index in [0.29, 0.717) is 0 Å². The second kappa shape index (κ2) is 15.4. The van der Waals surface area contributed by atoms with Crippen LogP contribution in [0.25, 0.3) is 44.5 Å². The summed E-state index contributed by atoms with van der Waals surface area (Å²) in [5.41, 5.74) is 17.8. The van der Waals surface area contributed by atoms with Crippen LogP contribution >= 0.6 is 0 Å². The third-order valence-corrected chi connectivity index (χ3v) is 11.6. The van der Waals surface area contributed by atoms with Gasteiger partial charge in [-0.15, -0.1) is 0 Å². The van der Waals surface area contributed by atoms with Crippen LogP contribution in [0.3, 0.4) is 0 Å². The Balaban J connectivity index is 0.000000341. The quantitative estimate of drug-likeness (QED) is 0.134. The molecule has 13 heteroatoms. The van der Waals surface area contributed by atoms with Crippen molar-refractivity contribution in [1.29, 1.82) is 0 Å². The molecule has 1 aliphatic carbocycles. The highest BCUT2D eigenvalue weighted by molar-refractivity contribution is 7.87. The zero-order valence-electron chi connectivity index (χ0n) is 34.6. The van der Waals surface area contributed by atoms with Crippen LogP contribution in [-0.4, -0.2) is 36.2 Å². The smallest absolute Gasteiger partial charge is 0.281 e. The molecule has 0 heterocycles. The monoisotopic (exact) mass is 862 g/mol. The summed E-state index contributed by atoms with van der Waals surface area (Å²) in [5.74, 6) is -14.7. The van der Waals surface area contributed by atoms with E-state index < -0.39 is 33.4 Å². The van der Waals surface area contributed by atoms with E-state index in [0.717, 1.165) is 6.42 Å². The molecular weight excluding hydrogens is 816 g/mol. The normalized spacial score (nSPS) is 14.0. The number of alkyl halides is 9. The average molecular weight is 863 g/mol. The van der Waals surface area contributed by atoms with Gasteiger partial charge in [0.15, 0.2) is 0 Å². The lowest BCUT2D eigenvalue weighted by molar-refractivity contribution is -0.382. The number of fused-ring (bicyclic) bond motifs is 3. The fourth-order valence-electron chi connectivity index (χ4n) is 7.07. The third kappa shape index (κ3) is 8.62. The number of rotatable bonds is 6.